The molecule has 2 aromatic rings. The van der Waals surface area contributed by atoms with Gasteiger partial charge in [0.2, 0.25) is 11.0 Å². The van der Waals surface area contributed by atoms with Crippen LogP contribution in [0.1, 0.15) is 31.9 Å². The summed E-state index contributed by atoms with van der Waals surface area (Å²) in [7, 11) is 1.84. The zero-order valence-corrected chi connectivity index (χ0v) is 16.4. The molecule has 2 rings (SSSR count). The van der Waals surface area contributed by atoms with Gasteiger partial charge in [-0.05, 0) is 38.8 Å². The fourth-order valence-corrected chi connectivity index (χ4v) is 3.91. The fraction of sp³-hybridized carbons (Fsp3) is 0.471. The number of amides is 1. The van der Waals surface area contributed by atoms with Crippen molar-refractivity contribution in [1.29, 1.82) is 0 Å². The molecule has 1 amide bonds. The van der Waals surface area contributed by atoms with E-state index in [-0.39, 0.29) is 11.4 Å². The second kappa shape index (κ2) is 7.98. The van der Waals surface area contributed by atoms with Gasteiger partial charge in [-0.1, -0.05) is 47.4 Å². The van der Waals surface area contributed by atoms with Gasteiger partial charge in [0, 0.05) is 19.1 Å². The average molecular weight is 365 g/mol. The van der Waals surface area contributed by atoms with Crippen LogP contribution in [0.3, 0.4) is 0 Å². The molecular formula is C17H24N4OS2. The van der Waals surface area contributed by atoms with Crippen molar-refractivity contribution in [3.63, 3.8) is 0 Å². The van der Waals surface area contributed by atoms with Crippen molar-refractivity contribution in [2.45, 2.75) is 44.1 Å². The lowest BCUT2D eigenvalue weighted by molar-refractivity contribution is -0.127. The second-order valence-corrected chi connectivity index (χ2v) is 8.91. The molecule has 0 radical (unpaired) electrons. The lowest BCUT2D eigenvalue weighted by Gasteiger charge is -2.18. The van der Waals surface area contributed by atoms with Crippen molar-refractivity contribution in [1.82, 2.24) is 15.1 Å². The molecular weight excluding hydrogens is 340 g/mol. The summed E-state index contributed by atoms with van der Waals surface area (Å²) in [6.07, 6.45) is 0. The maximum atomic E-state index is 12.3. The Morgan fingerprint density at radius 3 is 2.67 bits per heavy atom. The van der Waals surface area contributed by atoms with Crippen LogP contribution in [-0.4, -0.2) is 39.3 Å². The molecule has 0 saturated heterocycles. The number of benzene rings is 1. The monoisotopic (exact) mass is 364 g/mol. The smallest absolute Gasteiger partial charge is 0.233 e. The predicted molar refractivity (Wildman–Crippen MR) is 102 cm³/mol. The number of aryl methyl sites for hydroxylation is 1. The van der Waals surface area contributed by atoms with Crippen LogP contribution in [-0.2, 0) is 11.3 Å². The Bertz CT molecular complexity index is 694. The van der Waals surface area contributed by atoms with Crippen LogP contribution in [0, 0.1) is 6.92 Å². The van der Waals surface area contributed by atoms with Gasteiger partial charge in [0.1, 0.15) is 0 Å². The highest BCUT2D eigenvalue weighted by Gasteiger charge is 2.15. The SMILES string of the molecule is Cc1ccccc1CN(C)C(=O)CSc1nnc(NC(C)(C)C)s1. The van der Waals surface area contributed by atoms with E-state index in [1.54, 1.807) is 4.90 Å². The number of carbonyl (C=O) groups excluding carboxylic acids is 1. The first kappa shape index (κ1) is 18.7. The Hall–Kier alpha value is -1.60. The molecule has 0 aliphatic rings. The number of carbonyl (C=O) groups is 1. The van der Waals surface area contributed by atoms with Gasteiger partial charge in [-0.15, -0.1) is 10.2 Å². The van der Waals surface area contributed by atoms with Crippen LogP contribution < -0.4 is 5.32 Å². The van der Waals surface area contributed by atoms with Crippen molar-refractivity contribution >= 4 is 34.1 Å². The normalized spacial score (nSPS) is 11.4. The minimum atomic E-state index is -0.0505. The first-order chi connectivity index (χ1) is 11.2. The van der Waals surface area contributed by atoms with Crippen molar-refractivity contribution in [2.24, 2.45) is 0 Å². The third-order valence-electron chi connectivity index (χ3n) is 3.30. The standard InChI is InChI=1S/C17H24N4OS2/c1-12-8-6-7-9-13(12)10-21(5)14(22)11-23-16-20-19-15(24-16)18-17(2,3)4/h6-9H,10-11H2,1-5H3,(H,18,19). The molecule has 24 heavy (non-hydrogen) atoms. The average Bonchev–Trinajstić information content (AvgIpc) is 2.92. The summed E-state index contributed by atoms with van der Waals surface area (Å²) in [5.74, 6) is 0.454. The van der Waals surface area contributed by atoms with Crippen LogP contribution >= 0.6 is 23.1 Å². The molecule has 0 saturated carbocycles. The van der Waals surface area contributed by atoms with Gasteiger partial charge in [-0.25, -0.2) is 0 Å². The number of hydrogen-bond acceptors (Lipinski definition) is 6. The molecule has 0 fully saturated rings. The highest BCUT2D eigenvalue weighted by Crippen LogP contribution is 2.27. The van der Waals surface area contributed by atoms with Gasteiger partial charge in [-0.2, -0.15) is 0 Å². The summed E-state index contributed by atoms with van der Waals surface area (Å²) < 4.78 is 0.805. The summed E-state index contributed by atoms with van der Waals surface area (Å²) in [6, 6.07) is 8.13. The Kier molecular flexibility index (Phi) is 6.23. The highest BCUT2D eigenvalue weighted by atomic mass is 32.2. The van der Waals surface area contributed by atoms with Crippen molar-refractivity contribution in [3.05, 3.63) is 35.4 Å². The fourth-order valence-electron chi connectivity index (χ4n) is 2.00. The second-order valence-electron chi connectivity index (χ2n) is 6.71. The summed E-state index contributed by atoms with van der Waals surface area (Å²) in [5.41, 5.74) is 2.32. The lowest BCUT2D eigenvalue weighted by atomic mass is 10.1. The number of nitrogens with one attached hydrogen (secondary N) is 1. The zero-order chi connectivity index (χ0) is 17.7. The minimum absolute atomic E-state index is 0.0505. The number of nitrogens with zero attached hydrogens (tertiary/aromatic N) is 3. The Labute approximate surface area is 151 Å². The van der Waals surface area contributed by atoms with E-state index in [9.17, 15) is 4.79 Å². The first-order valence-electron chi connectivity index (χ1n) is 7.77. The van der Waals surface area contributed by atoms with Crippen LogP contribution in [0.5, 0.6) is 0 Å². The van der Waals surface area contributed by atoms with Crippen LogP contribution in [0.25, 0.3) is 0 Å². The number of hydrogen-bond donors (Lipinski definition) is 1. The molecule has 5 nitrogen and oxygen atoms in total. The molecule has 0 aliphatic carbocycles. The van der Waals surface area contributed by atoms with Gasteiger partial charge in [0.15, 0.2) is 4.34 Å². The van der Waals surface area contributed by atoms with Crippen LogP contribution in [0.4, 0.5) is 5.13 Å². The predicted octanol–water partition coefficient (Wildman–Crippen LogP) is 3.81. The van der Waals surface area contributed by atoms with Gasteiger partial charge < -0.3 is 10.2 Å². The van der Waals surface area contributed by atoms with Crippen LogP contribution in [0.2, 0.25) is 0 Å². The van der Waals surface area contributed by atoms with E-state index in [0.29, 0.717) is 12.3 Å². The third kappa shape index (κ3) is 5.79. The summed E-state index contributed by atoms with van der Waals surface area (Å²) in [6.45, 7) is 8.91. The van der Waals surface area contributed by atoms with E-state index in [1.807, 2.05) is 19.2 Å². The van der Waals surface area contributed by atoms with Gasteiger partial charge in [0.25, 0.3) is 0 Å². The van der Waals surface area contributed by atoms with Crippen molar-refractivity contribution in [2.75, 3.05) is 18.1 Å². The Balaban J connectivity index is 1.85. The lowest BCUT2D eigenvalue weighted by Crippen LogP contribution is -2.28. The van der Waals surface area contributed by atoms with E-state index in [0.717, 1.165) is 9.47 Å². The van der Waals surface area contributed by atoms with Crippen molar-refractivity contribution < 1.29 is 4.79 Å². The summed E-state index contributed by atoms with van der Waals surface area (Å²) in [4.78, 5) is 14.1. The largest absolute Gasteiger partial charge is 0.355 e. The van der Waals surface area contributed by atoms with Gasteiger partial charge >= 0.3 is 0 Å². The number of aromatic nitrogens is 2. The summed E-state index contributed by atoms with van der Waals surface area (Å²) in [5, 5.41) is 12.3. The molecule has 1 aromatic carbocycles. The van der Waals surface area contributed by atoms with E-state index in [4.69, 9.17) is 0 Å². The highest BCUT2D eigenvalue weighted by molar-refractivity contribution is 8.01. The Morgan fingerprint density at radius 2 is 2.00 bits per heavy atom. The molecule has 1 aromatic heterocycles. The molecule has 1 heterocycles. The maximum Gasteiger partial charge on any atom is 0.233 e. The Morgan fingerprint density at radius 1 is 1.29 bits per heavy atom. The third-order valence-corrected chi connectivity index (χ3v) is 5.26. The number of rotatable bonds is 6. The van der Waals surface area contributed by atoms with Crippen LogP contribution in [0.15, 0.2) is 28.6 Å². The van der Waals surface area contributed by atoms with Crippen molar-refractivity contribution in [3.8, 4) is 0 Å². The maximum absolute atomic E-state index is 12.3. The topological polar surface area (TPSA) is 58.1 Å². The van der Waals surface area contributed by atoms with E-state index < -0.39 is 0 Å². The molecule has 1 N–H and O–H groups in total. The first-order valence-corrected chi connectivity index (χ1v) is 9.58. The number of anilines is 1. The van der Waals surface area contributed by atoms with E-state index >= 15 is 0 Å². The molecule has 0 bridgehead atoms. The summed E-state index contributed by atoms with van der Waals surface area (Å²) >= 11 is 2.91. The van der Waals surface area contributed by atoms with E-state index in [2.05, 4.69) is 55.3 Å². The molecule has 0 aliphatic heterocycles. The van der Waals surface area contributed by atoms with E-state index in [1.165, 1.54) is 34.2 Å². The molecule has 0 atom stereocenters. The molecule has 0 spiro atoms. The molecule has 130 valence electrons. The van der Waals surface area contributed by atoms with Gasteiger partial charge in [-0.3, -0.25) is 4.79 Å². The zero-order valence-electron chi connectivity index (χ0n) is 14.8. The quantitative estimate of drug-likeness (QED) is 0.790. The van der Waals surface area contributed by atoms with Gasteiger partial charge in [0.05, 0.1) is 5.75 Å². The molecule has 7 heteroatoms. The molecule has 0 unspecified atom stereocenters. The number of thioether (sulfide) groups is 1. The minimum Gasteiger partial charge on any atom is -0.355 e.